The van der Waals surface area contributed by atoms with Gasteiger partial charge >= 0.3 is 0 Å². The second-order valence-electron chi connectivity index (χ2n) is 7.57. The van der Waals surface area contributed by atoms with Crippen molar-refractivity contribution in [2.24, 2.45) is 0 Å². The van der Waals surface area contributed by atoms with Crippen molar-refractivity contribution in [2.45, 2.75) is 44.3 Å². The van der Waals surface area contributed by atoms with Crippen molar-refractivity contribution < 1.29 is 0 Å². The van der Waals surface area contributed by atoms with Gasteiger partial charge in [-0.15, -0.1) is 0 Å². The molecule has 0 amide bonds. The summed E-state index contributed by atoms with van der Waals surface area (Å²) in [5, 5.41) is 8.57. The van der Waals surface area contributed by atoms with Crippen molar-refractivity contribution in [3.05, 3.63) is 48.3 Å². The van der Waals surface area contributed by atoms with E-state index < -0.39 is 0 Å². The molecular formula is C21H28N6. The van der Waals surface area contributed by atoms with Gasteiger partial charge in [-0.2, -0.15) is 4.98 Å². The molecule has 0 unspecified atom stereocenters. The lowest BCUT2D eigenvalue weighted by atomic mass is 9.91. The van der Waals surface area contributed by atoms with Gasteiger partial charge in [0.1, 0.15) is 5.82 Å². The first-order valence-electron chi connectivity index (χ1n) is 9.74. The number of fused-ring (bicyclic) bond motifs is 1. The molecule has 2 heterocycles. The zero-order chi connectivity index (χ0) is 18.6. The van der Waals surface area contributed by atoms with Crippen LogP contribution >= 0.6 is 0 Å². The van der Waals surface area contributed by atoms with Crippen LogP contribution in [0.3, 0.4) is 0 Å². The number of nitrogens with one attached hydrogen (secondary N) is 3. The van der Waals surface area contributed by atoms with E-state index in [0.717, 1.165) is 31.2 Å². The fourth-order valence-electron chi connectivity index (χ4n) is 3.82. The van der Waals surface area contributed by atoms with Gasteiger partial charge < -0.3 is 20.5 Å². The third-order valence-electron chi connectivity index (χ3n) is 5.42. The SMILES string of the molecule is CN(C)c1ccnc(N[C@H]2CC[C@@H](NCc3c[nH]c4ccccc34)CC2)n1. The molecule has 0 spiro atoms. The number of aromatic nitrogens is 3. The summed E-state index contributed by atoms with van der Waals surface area (Å²) in [6, 6.07) is 11.4. The van der Waals surface area contributed by atoms with Crippen LogP contribution in [0.15, 0.2) is 42.7 Å². The number of benzene rings is 1. The summed E-state index contributed by atoms with van der Waals surface area (Å²) in [5.41, 5.74) is 2.56. The molecule has 0 aliphatic heterocycles. The quantitative estimate of drug-likeness (QED) is 0.624. The van der Waals surface area contributed by atoms with Gasteiger partial charge in [0, 0.05) is 56.0 Å². The topological polar surface area (TPSA) is 68.9 Å². The van der Waals surface area contributed by atoms with E-state index in [0.29, 0.717) is 12.1 Å². The van der Waals surface area contributed by atoms with E-state index in [2.05, 4.69) is 56.0 Å². The first kappa shape index (κ1) is 17.8. The van der Waals surface area contributed by atoms with Crippen molar-refractivity contribution in [3.63, 3.8) is 0 Å². The van der Waals surface area contributed by atoms with Crippen molar-refractivity contribution in [3.8, 4) is 0 Å². The van der Waals surface area contributed by atoms with Crippen LogP contribution in [0.4, 0.5) is 11.8 Å². The highest BCUT2D eigenvalue weighted by molar-refractivity contribution is 5.82. The highest BCUT2D eigenvalue weighted by atomic mass is 15.2. The van der Waals surface area contributed by atoms with E-state index in [1.165, 1.54) is 29.3 Å². The van der Waals surface area contributed by atoms with E-state index in [9.17, 15) is 0 Å². The van der Waals surface area contributed by atoms with Crippen LogP contribution in [-0.2, 0) is 6.54 Å². The fraction of sp³-hybridized carbons (Fsp3) is 0.429. The Morgan fingerprint density at radius 2 is 1.85 bits per heavy atom. The second-order valence-corrected chi connectivity index (χ2v) is 7.57. The molecular weight excluding hydrogens is 336 g/mol. The van der Waals surface area contributed by atoms with Crippen molar-refractivity contribution in [1.29, 1.82) is 0 Å². The lowest BCUT2D eigenvalue weighted by Crippen LogP contribution is -2.36. The maximum absolute atomic E-state index is 4.57. The van der Waals surface area contributed by atoms with Crippen LogP contribution in [0, 0.1) is 0 Å². The molecule has 1 fully saturated rings. The number of anilines is 2. The number of hydrogen-bond acceptors (Lipinski definition) is 5. The zero-order valence-corrected chi connectivity index (χ0v) is 16.1. The Labute approximate surface area is 160 Å². The van der Waals surface area contributed by atoms with Gasteiger partial charge in [0.15, 0.2) is 0 Å². The van der Waals surface area contributed by atoms with E-state index in [-0.39, 0.29) is 0 Å². The maximum atomic E-state index is 4.57. The lowest BCUT2D eigenvalue weighted by molar-refractivity contribution is 0.352. The Balaban J connectivity index is 1.27. The van der Waals surface area contributed by atoms with E-state index in [4.69, 9.17) is 0 Å². The summed E-state index contributed by atoms with van der Waals surface area (Å²) in [7, 11) is 3.99. The third-order valence-corrected chi connectivity index (χ3v) is 5.42. The van der Waals surface area contributed by atoms with E-state index in [1.54, 1.807) is 0 Å². The summed E-state index contributed by atoms with van der Waals surface area (Å²) in [5.74, 6) is 1.66. The highest BCUT2D eigenvalue weighted by Gasteiger charge is 2.21. The van der Waals surface area contributed by atoms with Crippen LogP contribution < -0.4 is 15.5 Å². The van der Waals surface area contributed by atoms with Crippen molar-refractivity contribution in [1.82, 2.24) is 20.3 Å². The number of rotatable bonds is 6. The van der Waals surface area contributed by atoms with Gasteiger partial charge in [-0.25, -0.2) is 4.98 Å². The summed E-state index contributed by atoms with van der Waals surface area (Å²) < 4.78 is 0. The predicted molar refractivity (Wildman–Crippen MR) is 111 cm³/mol. The van der Waals surface area contributed by atoms with Crippen LogP contribution in [0.5, 0.6) is 0 Å². The molecule has 1 aliphatic carbocycles. The molecule has 4 rings (SSSR count). The minimum atomic E-state index is 0.452. The smallest absolute Gasteiger partial charge is 0.224 e. The Morgan fingerprint density at radius 1 is 1.07 bits per heavy atom. The molecule has 6 heteroatoms. The number of nitrogens with zero attached hydrogens (tertiary/aromatic N) is 3. The molecule has 0 atom stereocenters. The molecule has 1 aliphatic rings. The average Bonchev–Trinajstić information content (AvgIpc) is 3.11. The van der Waals surface area contributed by atoms with Gasteiger partial charge in [0.05, 0.1) is 0 Å². The van der Waals surface area contributed by atoms with Gasteiger partial charge in [0.2, 0.25) is 5.95 Å². The minimum absolute atomic E-state index is 0.452. The molecule has 6 nitrogen and oxygen atoms in total. The van der Waals surface area contributed by atoms with E-state index in [1.807, 2.05) is 31.3 Å². The molecule has 0 saturated heterocycles. The molecule has 142 valence electrons. The predicted octanol–water partition coefficient (Wildman–Crippen LogP) is 3.54. The number of para-hydroxylation sites is 1. The Hall–Kier alpha value is -2.60. The standard InChI is InChI=1S/C21H28N6/c1-27(2)20-11-12-22-21(26-20)25-17-9-7-16(8-10-17)23-13-15-14-24-19-6-4-3-5-18(15)19/h3-6,11-12,14,16-17,23-24H,7-10,13H2,1-2H3,(H,22,25,26)/t16-,17+. The Kier molecular flexibility index (Phi) is 5.25. The number of H-pyrrole nitrogens is 1. The van der Waals surface area contributed by atoms with Crippen LogP contribution in [0.2, 0.25) is 0 Å². The third kappa shape index (κ3) is 4.22. The van der Waals surface area contributed by atoms with Crippen molar-refractivity contribution in [2.75, 3.05) is 24.3 Å². The van der Waals surface area contributed by atoms with Gasteiger partial charge in [0.25, 0.3) is 0 Å². The Bertz CT molecular complexity index is 879. The van der Waals surface area contributed by atoms with Crippen LogP contribution in [0.1, 0.15) is 31.2 Å². The second kappa shape index (κ2) is 7.96. The molecule has 27 heavy (non-hydrogen) atoms. The molecule has 1 saturated carbocycles. The molecule has 0 radical (unpaired) electrons. The maximum Gasteiger partial charge on any atom is 0.224 e. The molecule has 1 aromatic carbocycles. The van der Waals surface area contributed by atoms with Gasteiger partial charge in [-0.05, 0) is 43.4 Å². The van der Waals surface area contributed by atoms with Crippen LogP contribution in [0.25, 0.3) is 10.9 Å². The number of hydrogen-bond donors (Lipinski definition) is 3. The fourth-order valence-corrected chi connectivity index (χ4v) is 3.82. The summed E-state index contributed by atoms with van der Waals surface area (Å²) in [6.45, 7) is 0.917. The first-order valence-corrected chi connectivity index (χ1v) is 9.74. The number of aromatic amines is 1. The minimum Gasteiger partial charge on any atom is -0.363 e. The zero-order valence-electron chi connectivity index (χ0n) is 16.1. The normalized spacial score (nSPS) is 19.9. The Morgan fingerprint density at radius 3 is 2.67 bits per heavy atom. The summed E-state index contributed by atoms with van der Waals surface area (Å²) >= 11 is 0. The lowest BCUT2D eigenvalue weighted by Gasteiger charge is -2.30. The van der Waals surface area contributed by atoms with Crippen LogP contribution in [-0.4, -0.2) is 41.1 Å². The van der Waals surface area contributed by atoms with E-state index >= 15 is 0 Å². The monoisotopic (exact) mass is 364 g/mol. The molecule has 2 aromatic heterocycles. The van der Waals surface area contributed by atoms with Gasteiger partial charge in [-0.1, -0.05) is 18.2 Å². The first-order chi connectivity index (χ1) is 13.2. The van der Waals surface area contributed by atoms with Gasteiger partial charge in [-0.3, -0.25) is 0 Å². The largest absolute Gasteiger partial charge is 0.363 e. The van der Waals surface area contributed by atoms with Crippen molar-refractivity contribution >= 4 is 22.7 Å². The highest BCUT2D eigenvalue weighted by Crippen LogP contribution is 2.23. The molecule has 3 aromatic rings. The molecule has 3 N–H and O–H groups in total. The summed E-state index contributed by atoms with van der Waals surface area (Å²) in [4.78, 5) is 14.3. The molecule has 0 bridgehead atoms. The summed E-state index contributed by atoms with van der Waals surface area (Å²) in [6.07, 6.45) is 8.57. The average molecular weight is 364 g/mol.